The number of fused-ring (bicyclic) bond motifs is 1. The van der Waals surface area contributed by atoms with E-state index >= 15 is 0 Å². The molecule has 7 heteroatoms. The number of carbonyl (C=O) groups is 1. The minimum Gasteiger partial charge on any atom is -0.493 e. The summed E-state index contributed by atoms with van der Waals surface area (Å²) in [5.41, 5.74) is 4.02. The first kappa shape index (κ1) is 25.4. The zero-order chi connectivity index (χ0) is 26.5. The van der Waals surface area contributed by atoms with Crippen molar-refractivity contribution in [2.45, 2.75) is 52.7 Å². The molecule has 1 aliphatic heterocycles. The molecule has 1 aromatic heterocycles. The molecule has 3 aromatic carbocycles. The van der Waals surface area contributed by atoms with E-state index in [0.29, 0.717) is 23.1 Å². The zero-order valence-electron chi connectivity index (χ0n) is 21.6. The lowest BCUT2D eigenvalue weighted by atomic mass is 9.85. The Labute approximate surface area is 220 Å². The molecular formula is C30H29ClFNO4. The summed E-state index contributed by atoms with van der Waals surface area (Å²) in [6.45, 7) is 10.1. The molecule has 5 rings (SSSR count). The summed E-state index contributed by atoms with van der Waals surface area (Å²) in [6.07, 6.45) is 1.50. The fourth-order valence-corrected chi connectivity index (χ4v) is 5.25. The number of hydrogen-bond acceptors (Lipinski definition) is 5. The van der Waals surface area contributed by atoms with Crippen LogP contribution in [-0.4, -0.2) is 29.8 Å². The van der Waals surface area contributed by atoms with Gasteiger partial charge in [0.25, 0.3) is 0 Å². The summed E-state index contributed by atoms with van der Waals surface area (Å²) in [7, 11) is 0. The summed E-state index contributed by atoms with van der Waals surface area (Å²) in [5.74, 6) is -0.294. The Morgan fingerprint density at radius 2 is 2.00 bits per heavy atom. The molecule has 0 spiro atoms. The highest BCUT2D eigenvalue weighted by Gasteiger charge is 2.34. The van der Waals surface area contributed by atoms with Crippen LogP contribution < -0.4 is 4.74 Å². The molecule has 0 radical (unpaired) electrons. The topological polar surface area (TPSA) is 57.7 Å². The lowest BCUT2D eigenvalue weighted by molar-refractivity contribution is -0.166. The van der Waals surface area contributed by atoms with Crippen molar-refractivity contribution in [3.05, 3.63) is 70.1 Å². The summed E-state index contributed by atoms with van der Waals surface area (Å²) in [5, 5.41) is 2.30. The van der Waals surface area contributed by atoms with Gasteiger partial charge in [-0.25, -0.2) is 9.18 Å². The summed E-state index contributed by atoms with van der Waals surface area (Å²) >= 11 is 6.18. The van der Waals surface area contributed by atoms with Crippen molar-refractivity contribution in [3.63, 3.8) is 0 Å². The van der Waals surface area contributed by atoms with Crippen LogP contribution in [0.3, 0.4) is 0 Å². The van der Waals surface area contributed by atoms with Crippen molar-refractivity contribution in [2.75, 3.05) is 13.2 Å². The van der Waals surface area contributed by atoms with Crippen molar-refractivity contribution in [1.29, 1.82) is 0 Å². The number of carbonyl (C=O) groups excluding carboxylic acids is 1. The first-order chi connectivity index (χ1) is 17.6. The summed E-state index contributed by atoms with van der Waals surface area (Å²) < 4.78 is 32.7. The molecule has 0 fully saturated rings. The quantitative estimate of drug-likeness (QED) is 0.254. The van der Waals surface area contributed by atoms with Crippen LogP contribution in [0.5, 0.6) is 5.75 Å². The zero-order valence-corrected chi connectivity index (χ0v) is 22.3. The fourth-order valence-electron chi connectivity index (χ4n) is 5.08. The first-order valence-corrected chi connectivity index (χ1v) is 12.8. The van der Waals surface area contributed by atoms with E-state index in [4.69, 9.17) is 30.8 Å². The Kier molecular flexibility index (Phi) is 6.59. The second kappa shape index (κ2) is 9.58. The molecule has 5 nitrogen and oxygen atoms in total. The molecule has 0 saturated heterocycles. The van der Waals surface area contributed by atoms with Gasteiger partial charge in [-0.3, -0.25) is 4.98 Å². The number of aromatic nitrogens is 1. The van der Waals surface area contributed by atoms with E-state index in [-0.39, 0.29) is 11.6 Å². The third-order valence-corrected chi connectivity index (χ3v) is 6.79. The van der Waals surface area contributed by atoms with E-state index in [0.717, 1.165) is 45.1 Å². The van der Waals surface area contributed by atoms with Crippen molar-refractivity contribution in [2.24, 2.45) is 0 Å². The second-order valence-corrected chi connectivity index (χ2v) is 10.6. The SMILES string of the molecule is CCOC(=O)C(OC(C)(C)C)c1c(C)cc2cc(Cl)c(F)cc2c1-c1ccc2c3c(ccnc13)CCO2. The predicted molar refractivity (Wildman–Crippen MR) is 144 cm³/mol. The Morgan fingerprint density at radius 3 is 2.73 bits per heavy atom. The number of benzene rings is 3. The number of nitrogens with zero attached hydrogens (tertiary/aromatic N) is 1. The van der Waals surface area contributed by atoms with Gasteiger partial charge in [-0.05, 0) is 92.4 Å². The average molecular weight is 522 g/mol. The molecule has 2 heterocycles. The third-order valence-electron chi connectivity index (χ3n) is 6.50. The Balaban J connectivity index is 1.92. The molecule has 1 unspecified atom stereocenters. The molecular weight excluding hydrogens is 493 g/mol. The van der Waals surface area contributed by atoms with Crippen molar-refractivity contribution < 1.29 is 23.4 Å². The molecule has 0 N–H and O–H groups in total. The number of pyridine rings is 1. The smallest absolute Gasteiger partial charge is 0.339 e. The normalized spacial score (nSPS) is 14.0. The van der Waals surface area contributed by atoms with Crippen molar-refractivity contribution in [3.8, 4) is 16.9 Å². The minimum atomic E-state index is -1.04. The summed E-state index contributed by atoms with van der Waals surface area (Å²) in [4.78, 5) is 18.1. The van der Waals surface area contributed by atoms with Gasteiger partial charge in [0, 0.05) is 29.1 Å². The average Bonchev–Trinajstić information content (AvgIpc) is 2.84. The Morgan fingerprint density at radius 1 is 1.22 bits per heavy atom. The monoisotopic (exact) mass is 521 g/mol. The lowest BCUT2D eigenvalue weighted by Crippen LogP contribution is -2.29. The molecule has 192 valence electrons. The largest absolute Gasteiger partial charge is 0.493 e. The van der Waals surface area contributed by atoms with Crippen LogP contribution in [0.25, 0.3) is 32.8 Å². The number of ether oxygens (including phenoxy) is 3. The molecule has 0 amide bonds. The summed E-state index contributed by atoms with van der Waals surface area (Å²) in [6, 6.07) is 10.8. The van der Waals surface area contributed by atoms with Crippen LogP contribution in [0.2, 0.25) is 5.02 Å². The Bertz CT molecular complexity index is 1530. The maximum atomic E-state index is 14.9. The number of halogens is 2. The molecule has 0 aliphatic carbocycles. The van der Waals surface area contributed by atoms with Gasteiger partial charge in [0.15, 0.2) is 6.10 Å². The van der Waals surface area contributed by atoms with E-state index < -0.39 is 23.5 Å². The maximum Gasteiger partial charge on any atom is 0.339 e. The van der Waals surface area contributed by atoms with Gasteiger partial charge in [-0.15, -0.1) is 0 Å². The maximum absolute atomic E-state index is 14.9. The first-order valence-electron chi connectivity index (χ1n) is 12.4. The number of hydrogen-bond donors (Lipinski definition) is 0. The Hall–Kier alpha value is -3.22. The molecule has 0 saturated carbocycles. The van der Waals surface area contributed by atoms with Crippen LogP contribution in [0.1, 0.15) is 50.5 Å². The predicted octanol–water partition coefficient (Wildman–Crippen LogP) is 7.51. The highest BCUT2D eigenvalue weighted by atomic mass is 35.5. The van der Waals surface area contributed by atoms with Gasteiger partial charge in [0.2, 0.25) is 0 Å². The lowest BCUT2D eigenvalue weighted by Gasteiger charge is -2.30. The van der Waals surface area contributed by atoms with Crippen LogP contribution >= 0.6 is 11.6 Å². The van der Waals surface area contributed by atoms with Gasteiger partial charge in [-0.1, -0.05) is 17.7 Å². The third kappa shape index (κ3) is 4.64. The molecule has 0 bridgehead atoms. The van der Waals surface area contributed by atoms with Crippen LogP contribution in [0.4, 0.5) is 4.39 Å². The standard InChI is InChI=1S/C30H29ClFNO4/c1-6-35-29(34)28(37-30(3,4)5)24-16(2)13-18-14-21(31)22(32)15-20(18)26(24)19-7-8-23-25-17(10-12-36-23)9-11-33-27(19)25/h7-9,11,13-15,28H,6,10,12H2,1-5H3. The highest BCUT2D eigenvalue weighted by Crippen LogP contribution is 2.45. The molecule has 4 aromatic rings. The minimum absolute atomic E-state index is 0.0295. The number of rotatable bonds is 5. The van der Waals surface area contributed by atoms with E-state index in [1.54, 1.807) is 19.2 Å². The van der Waals surface area contributed by atoms with Gasteiger partial charge in [0.05, 0.1) is 29.4 Å². The van der Waals surface area contributed by atoms with E-state index in [2.05, 4.69) is 0 Å². The molecule has 1 aliphatic rings. The van der Waals surface area contributed by atoms with Crippen molar-refractivity contribution >= 4 is 39.2 Å². The van der Waals surface area contributed by atoms with Crippen LogP contribution in [0.15, 0.2) is 42.6 Å². The van der Waals surface area contributed by atoms with Gasteiger partial charge < -0.3 is 14.2 Å². The van der Waals surface area contributed by atoms with E-state index in [9.17, 15) is 9.18 Å². The van der Waals surface area contributed by atoms with Gasteiger partial charge in [0.1, 0.15) is 11.6 Å². The van der Waals surface area contributed by atoms with Gasteiger partial charge >= 0.3 is 5.97 Å². The van der Waals surface area contributed by atoms with Crippen molar-refractivity contribution in [1.82, 2.24) is 4.98 Å². The van der Waals surface area contributed by atoms with Crippen LogP contribution in [-0.2, 0) is 20.7 Å². The van der Waals surface area contributed by atoms with Gasteiger partial charge in [-0.2, -0.15) is 0 Å². The fraction of sp³-hybridized carbons (Fsp3) is 0.333. The van der Waals surface area contributed by atoms with E-state index in [1.165, 1.54) is 6.07 Å². The molecule has 37 heavy (non-hydrogen) atoms. The number of aryl methyl sites for hydroxylation is 1. The molecule has 1 atom stereocenters. The second-order valence-electron chi connectivity index (χ2n) is 10.2. The number of esters is 1. The van der Waals surface area contributed by atoms with E-state index in [1.807, 2.05) is 52.0 Å². The highest BCUT2D eigenvalue weighted by molar-refractivity contribution is 6.31. The van der Waals surface area contributed by atoms with Crippen LogP contribution in [0, 0.1) is 12.7 Å².